The van der Waals surface area contributed by atoms with Crippen molar-refractivity contribution >= 4 is 17.5 Å². The minimum Gasteiger partial charge on any atom is -0.344 e. The lowest BCUT2D eigenvalue weighted by Gasteiger charge is -2.21. The van der Waals surface area contributed by atoms with Crippen molar-refractivity contribution in [2.45, 2.75) is 31.7 Å². The monoisotopic (exact) mass is 244 g/mol. The Morgan fingerprint density at radius 1 is 1.39 bits per heavy atom. The summed E-state index contributed by atoms with van der Waals surface area (Å²) >= 11 is 0. The summed E-state index contributed by atoms with van der Waals surface area (Å²) in [5.41, 5.74) is 2.21. The zero-order chi connectivity index (χ0) is 12.7. The molecule has 4 nitrogen and oxygen atoms in total. The molecular weight excluding hydrogens is 228 g/mol. The Balaban J connectivity index is 1.86. The SMILES string of the molecule is CC1CN(C(=O)C2CCC(=O)N2)c2ccccc21. The van der Waals surface area contributed by atoms with Crippen molar-refractivity contribution in [2.75, 3.05) is 11.4 Å². The number of anilines is 1. The molecule has 2 amide bonds. The number of nitrogens with zero attached hydrogens (tertiary/aromatic N) is 1. The van der Waals surface area contributed by atoms with E-state index in [2.05, 4.69) is 18.3 Å². The van der Waals surface area contributed by atoms with Gasteiger partial charge in [-0.1, -0.05) is 25.1 Å². The number of carbonyl (C=O) groups excluding carboxylic acids is 2. The molecule has 0 aliphatic carbocycles. The van der Waals surface area contributed by atoms with Crippen molar-refractivity contribution in [1.82, 2.24) is 5.32 Å². The Morgan fingerprint density at radius 3 is 2.89 bits per heavy atom. The van der Waals surface area contributed by atoms with Crippen LogP contribution in [0, 0.1) is 0 Å². The highest BCUT2D eigenvalue weighted by atomic mass is 16.2. The fourth-order valence-corrected chi connectivity index (χ4v) is 2.82. The van der Waals surface area contributed by atoms with Crippen molar-refractivity contribution in [3.05, 3.63) is 29.8 Å². The fraction of sp³-hybridized carbons (Fsp3) is 0.429. The highest BCUT2D eigenvalue weighted by Gasteiger charge is 2.36. The summed E-state index contributed by atoms with van der Waals surface area (Å²) in [5, 5.41) is 2.75. The van der Waals surface area contributed by atoms with Gasteiger partial charge in [0.05, 0.1) is 0 Å². The molecule has 1 N–H and O–H groups in total. The van der Waals surface area contributed by atoms with Crippen LogP contribution in [0.1, 0.15) is 31.2 Å². The van der Waals surface area contributed by atoms with E-state index in [-0.39, 0.29) is 17.9 Å². The van der Waals surface area contributed by atoms with Crippen LogP contribution in [0.5, 0.6) is 0 Å². The van der Waals surface area contributed by atoms with Crippen molar-refractivity contribution in [3.8, 4) is 0 Å². The van der Waals surface area contributed by atoms with Crippen LogP contribution in [-0.2, 0) is 9.59 Å². The first kappa shape index (κ1) is 11.3. The molecule has 18 heavy (non-hydrogen) atoms. The molecule has 1 saturated heterocycles. The third-order valence-corrected chi connectivity index (χ3v) is 3.77. The molecule has 2 heterocycles. The molecule has 94 valence electrons. The van der Waals surface area contributed by atoms with Crippen molar-refractivity contribution in [1.29, 1.82) is 0 Å². The molecular formula is C14H16N2O2. The molecule has 0 radical (unpaired) electrons. The zero-order valence-corrected chi connectivity index (χ0v) is 10.3. The number of hydrogen-bond acceptors (Lipinski definition) is 2. The van der Waals surface area contributed by atoms with Gasteiger partial charge in [0.1, 0.15) is 6.04 Å². The lowest BCUT2D eigenvalue weighted by molar-refractivity contribution is -0.124. The van der Waals surface area contributed by atoms with Gasteiger partial charge in [0.2, 0.25) is 11.8 Å². The second kappa shape index (κ2) is 4.12. The largest absolute Gasteiger partial charge is 0.344 e. The van der Waals surface area contributed by atoms with Crippen molar-refractivity contribution in [2.24, 2.45) is 0 Å². The number of hydrogen-bond donors (Lipinski definition) is 1. The topological polar surface area (TPSA) is 49.4 Å². The quantitative estimate of drug-likeness (QED) is 0.812. The number of nitrogens with one attached hydrogen (secondary N) is 1. The molecule has 1 fully saturated rings. The molecule has 0 spiro atoms. The minimum atomic E-state index is -0.337. The first-order chi connectivity index (χ1) is 8.66. The second-order valence-corrected chi connectivity index (χ2v) is 5.07. The second-order valence-electron chi connectivity index (χ2n) is 5.07. The van der Waals surface area contributed by atoms with E-state index >= 15 is 0 Å². The summed E-state index contributed by atoms with van der Waals surface area (Å²) < 4.78 is 0. The van der Waals surface area contributed by atoms with Crippen LogP contribution < -0.4 is 10.2 Å². The van der Waals surface area contributed by atoms with E-state index in [1.54, 1.807) is 0 Å². The number of carbonyl (C=O) groups is 2. The molecule has 2 aliphatic heterocycles. The van der Waals surface area contributed by atoms with E-state index in [9.17, 15) is 9.59 Å². The Labute approximate surface area is 106 Å². The molecule has 4 heteroatoms. The molecule has 0 bridgehead atoms. The Bertz CT molecular complexity index is 512. The van der Waals surface area contributed by atoms with Gasteiger partial charge in [-0.15, -0.1) is 0 Å². The van der Waals surface area contributed by atoms with Crippen LogP contribution in [0.3, 0.4) is 0 Å². The molecule has 1 aromatic rings. The average molecular weight is 244 g/mol. The minimum absolute atomic E-state index is 0.0196. The van der Waals surface area contributed by atoms with Crippen molar-refractivity contribution in [3.63, 3.8) is 0 Å². The van der Waals surface area contributed by atoms with Gasteiger partial charge in [-0.05, 0) is 18.1 Å². The summed E-state index contributed by atoms with van der Waals surface area (Å²) in [6.45, 7) is 2.84. The summed E-state index contributed by atoms with van der Waals surface area (Å²) in [7, 11) is 0. The van der Waals surface area contributed by atoms with Gasteiger partial charge in [-0.2, -0.15) is 0 Å². The van der Waals surface area contributed by atoms with Crippen LogP contribution in [0.15, 0.2) is 24.3 Å². The van der Waals surface area contributed by atoms with Gasteiger partial charge in [-0.3, -0.25) is 9.59 Å². The van der Waals surface area contributed by atoms with Crippen LogP contribution in [0.4, 0.5) is 5.69 Å². The lowest BCUT2D eigenvalue weighted by atomic mass is 10.0. The zero-order valence-electron chi connectivity index (χ0n) is 10.3. The molecule has 0 saturated carbocycles. The smallest absolute Gasteiger partial charge is 0.249 e. The van der Waals surface area contributed by atoms with Crippen LogP contribution >= 0.6 is 0 Å². The number of rotatable bonds is 1. The molecule has 3 rings (SSSR count). The van der Waals surface area contributed by atoms with E-state index < -0.39 is 0 Å². The highest BCUT2D eigenvalue weighted by Crippen LogP contribution is 2.36. The number of amides is 2. The highest BCUT2D eigenvalue weighted by molar-refractivity contribution is 6.02. The van der Waals surface area contributed by atoms with Gasteiger partial charge >= 0.3 is 0 Å². The fourth-order valence-electron chi connectivity index (χ4n) is 2.82. The Kier molecular flexibility index (Phi) is 2.58. The van der Waals surface area contributed by atoms with Gasteiger partial charge < -0.3 is 10.2 Å². The predicted molar refractivity (Wildman–Crippen MR) is 68.4 cm³/mol. The molecule has 2 atom stereocenters. The van der Waals surface area contributed by atoms with E-state index in [1.807, 2.05) is 23.1 Å². The van der Waals surface area contributed by atoms with E-state index in [1.165, 1.54) is 5.56 Å². The molecule has 2 unspecified atom stereocenters. The number of para-hydroxylation sites is 1. The number of fused-ring (bicyclic) bond motifs is 1. The van der Waals surface area contributed by atoms with Crippen LogP contribution in [0.25, 0.3) is 0 Å². The predicted octanol–water partition coefficient (Wildman–Crippen LogP) is 1.42. The summed E-state index contributed by atoms with van der Waals surface area (Å²) in [6, 6.07) is 7.66. The van der Waals surface area contributed by atoms with Gasteiger partial charge in [-0.25, -0.2) is 0 Å². The molecule has 0 aromatic heterocycles. The third kappa shape index (κ3) is 1.68. The third-order valence-electron chi connectivity index (χ3n) is 3.77. The summed E-state index contributed by atoms with van der Waals surface area (Å²) in [6.07, 6.45) is 1.08. The summed E-state index contributed by atoms with van der Waals surface area (Å²) in [5.74, 6) is 0.369. The van der Waals surface area contributed by atoms with E-state index in [0.29, 0.717) is 25.3 Å². The first-order valence-corrected chi connectivity index (χ1v) is 6.36. The van der Waals surface area contributed by atoms with Gasteiger partial charge in [0.25, 0.3) is 0 Å². The number of benzene rings is 1. The maximum atomic E-state index is 12.4. The van der Waals surface area contributed by atoms with Crippen LogP contribution in [0.2, 0.25) is 0 Å². The average Bonchev–Trinajstić information content (AvgIpc) is 2.94. The maximum Gasteiger partial charge on any atom is 0.249 e. The van der Waals surface area contributed by atoms with Gasteiger partial charge in [0, 0.05) is 24.6 Å². The van der Waals surface area contributed by atoms with Gasteiger partial charge in [0.15, 0.2) is 0 Å². The maximum absolute atomic E-state index is 12.4. The Hall–Kier alpha value is -1.84. The standard InChI is InChI=1S/C14H16N2O2/c1-9-8-16(12-5-3-2-4-10(9)12)14(18)11-6-7-13(17)15-11/h2-5,9,11H,6-8H2,1H3,(H,15,17). The molecule has 2 aliphatic rings. The lowest BCUT2D eigenvalue weighted by Crippen LogP contribution is -2.44. The summed E-state index contributed by atoms with van der Waals surface area (Å²) in [4.78, 5) is 25.4. The van der Waals surface area contributed by atoms with Crippen molar-refractivity contribution < 1.29 is 9.59 Å². The van der Waals surface area contributed by atoms with E-state index in [4.69, 9.17) is 0 Å². The Morgan fingerprint density at radius 2 is 2.17 bits per heavy atom. The normalized spacial score (nSPS) is 26.1. The molecule has 1 aromatic carbocycles. The van der Waals surface area contributed by atoms with Crippen LogP contribution in [-0.4, -0.2) is 24.4 Å². The first-order valence-electron chi connectivity index (χ1n) is 6.36. The van der Waals surface area contributed by atoms with E-state index in [0.717, 1.165) is 5.69 Å².